The smallest absolute Gasteiger partial charge is 0.0530 e. The highest BCUT2D eigenvalue weighted by atomic mass is 31.2. The fourth-order valence-corrected chi connectivity index (χ4v) is 11.1. The maximum atomic E-state index is 2.84. The van der Waals surface area contributed by atoms with Crippen molar-refractivity contribution in [3.63, 3.8) is 0 Å². The zero-order chi connectivity index (χ0) is 14.5. The molecule has 0 aromatic carbocycles. The summed E-state index contributed by atoms with van der Waals surface area (Å²) in [7, 11) is -0.673. The van der Waals surface area contributed by atoms with Crippen LogP contribution in [0.5, 0.6) is 0 Å². The van der Waals surface area contributed by atoms with Crippen LogP contribution in [0.4, 0.5) is 0 Å². The molecule has 3 fully saturated rings. The van der Waals surface area contributed by atoms with Gasteiger partial charge < -0.3 is 0 Å². The van der Waals surface area contributed by atoms with E-state index in [1.54, 1.807) is 76.8 Å². The Morgan fingerprint density at radius 3 is 1.52 bits per heavy atom. The third kappa shape index (κ3) is 4.04. The van der Waals surface area contributed by atoms with E-state index >= 15 is 0 Å². The highest BCUT2D eigenvalue weighted by molar-refractivity contribution is 7.76. The SMILES string of the molecule is C[P+](CCC1CCCC1)(C1CCCCC1)C1CCCCC1. The molecule has 3 saturated carbocycles. The van der Waals surface area contributed by atoms with Crippen molar-refractivity contribution < 1.29 is 0 Å². The molecule has 1 heteroatoms. The fraction of sp³-hybridized carbons (Fsp3) is 1.00. The molecule has 122 valence electrons. The third-order valence-corrected chi connectivity index (χ3v) is 12.9. The maximum absolute atomic E-state index is 2.84. The minimum atomic E-state index is -0.673. The molecule has 0 nitrogen and oxygen atoms in total. The van der Waals surface area contributed by atoms with Crippen LogP contribution >= 0.6 is 7.26 Å². The maximum Gasteiger partial charge on any atom is 0.0697 e. The van der Waals surface area contributed by atoms with Crippen molar-refractivity contribution in [3.05, 3.63) is 0 Å². The Morgan fingerprint density at radius 1 is 0.619 bits per heavy atom. The highest BCUT2D eigenvalue weighted by Crippen LogP contribution is 2.70. The molecule has 0 bridgehead atoms. The van der Waals surface area contributed by atoms with Gasteiger partial charge in [-0.2, -0.15) is 0 Å². The van der Waals surface area contributed by atoms with E-state index in [4.69, 9.17) is 0 Å². The van der Waals surface area contributed by atoms with Gasteiger partial charge in [-0.05, 0) is 63.7 Å². The van der Waals surface area contributed by atoms with Crippen molar-refractivity contribution in [2.24, 2.45) is 5.92 Å². The fourth-order valence-electron chi connectivity index (χ4n) is 5.76. The predicted octanol–water partition coefficient (Wildman–Crippen LogP) is 6.88. The standard InChI is InChI=1S/C20H38P/c1-21(19-12-4-2-5-13-19,20-14-6-3-7-15-20)17-16-18-10-8-9-11-18/h18-20H,2-17H2,1H3/q+1. The lowest BCUT2D eigenvalue weighted by molar-refractivity contribution is 0.473. The number of rotatable bonds is 5. The lowest BCUT2D eigenvalue weighted by Crippen LogP contribution is -2.29. The Morgan fingerprint density at radius 2 is 1.05 bits per heavy atom. The van der Waals surface area contributed by atoms with Gasteiger partial charge in [0.1, 0.15) is 0 Å². The van der Waals surface area contributed by atoms with Crippen LogP contribution in [-0.4, -0.2) is 24.1 Å². The molecule has 0 aromatic rings. The van der Waals surface area contributed by atoms with Gasteiger partial charge in [-0.3, -0.25) is 0 Å². The van der Waals surface area contributed by atoms with Crippen LogP contribution in [0.25, 0.3) is 0 Å². The van der Waals surface area contributed by atoms with E-state index in [0.29, 0.717) is 0 Å². The van der Waals surface area contributed by atoms with E-state index in [9.17, 15) is 0 Å². The van der Waals surface area contributed by atoms with Gasteiger partial charge >= 0.3 is 0 Å². The van der Waals surface area contributed by atoms with Crippen molar-refractivity contribution in [1.29, 1.82) is 0 Å². The van der Waals surface area contributed by atoms with Crippen LogP contribution in [0.3, 0.4) is 0 Å². The summed E-state index contributed by atoms with van der Waals surface area (Å²) in [5, 5.41) is 0. The van der Waals surface area contributed by atoms with Crippen molar-refractivity contribution in [2.45, 2.75) is 108 Å². The molecule has 0 spiro atoms. The second-order valence-corrected chi connectivity index (χ2v) is 13.2. The molecule has 0 heterocycles. The second kappa shape index (κ2) is 7.81. The molecular weight excluding hydrogens is 271 g/mol. The molecule has 3 aliphatic carbocycles. The van der Waals surface area contributed by atoms with E-state index in [0.717, 1.165) is 5.92 Å². The molecule has 0 unspecified atom stereocenters. The average molecular weight is 309 g/mol. The summed E-state index contributed by atoms with van der Waals surface area (Å²) in [5.41, 5.74) is 2.35. The van der Waals surface area contributed by atoms with Gasteiger partial charge in [0.05, 0.1) is 17.5 Å². The van der Waals surface area contributed by atoms with Gasteiger partial charge in [0.15, 0.2) is 0 Å². The third-order valence-electron chi connectivity index (χ3n) is 7.31. The second-order valence-electron chi connectivity index (χ2n) is 8.59. The van der Waals surface area contributed by atoms with Crippen LogP contribution in [0.1, 0.15) is 96.3 Å². The Labute approximate surface area is 134 Å². The Hall–Kier alpha value is 0.430. The number of hydrogen-bond acceptors (Lipinski definition) is 0. The van der Waals surface area contributed by atoms with Gasteiger partial charge in [0.2, 0.25) is 0 Å². The Kier molecular flexibility index (Phi) is 6.06. The molecule has 0 aromatic heterocycles. The van der Waals surface area contributed by atoms with Crippen LogP contribution in [0.15, 0.2) is 0 Å². The largest absolute Gasteiger partial charge is 0.0697 e. The molecule has 3 rings (SSSR count). The molecular formula is C20H38P+. The summed E-state index contributed by atoms with van der Waals surface area (Å²) >= 11 is 0. The number of hydrogen-bond donors (Lipinski definition) is 0. The first-order valence-corrected chi connectivity index (χ1v) is 12.7. The molecule has 0 atom stereocenters. The first kappa shape index (κ1) is 16.3. The summed E-state index contributed by atoms with van der Waals surface area (Å²) in [6.07, 6.45) is 25.2. The molecule has 0 N–H and O–H groups in total. The van der Waals surface area contributed by atoms with E-state index < -0.39 is 7.26 Å². The molecule has 0 amide bonds. The summed E-state index contributed by atoms with van der Waals surface area (Å²) < 4.78 is 0. The van der Waals surface area contributed by atoms with E-state index in [1.165, 1.54) is 37.0 Å². The van der Waals surface area contributed by atoms with E-state index in [1.807, 2.05) is 0 Å². The molecule has 0 aliphatic heterocycles. The van der Waals surface area contributed by atoms with Gasteiger partial charge in [0.25, 0.3) is 0 Å². The highest BCUT2D eigenvalue weighted by Gasteiger charge is 2.48. The zero-order valence-corrected chi connectivity index (χ0v) is 15.4. The molecule has 21 heavy (non-hydrogen) atoms. The summed E-state index contributed by atoms with van der Waals surface area (Å²) in [6.45, 7) is 2.84. The lowest BCUT2D eigenvalue weighted by atomic mass is 9.99. The predicted molar refractivity (Wildman–Crippen MR) is 98.0 cm³/mol. The van der Waals surface area contributed by atoms with Crippen molar-refractivity contribution in [3.8, 4) is 0 Å². The molecule has 0 saturated heterocycles. The van der Waals surface area contributed by atoms with E-state index in [2.05, 4.69) is 6.66 Å². The minimum absolute atomic E-state index is 0.673. The zero-order valence-electron chi connectivity index (χ0n) is 14.5. The van der Waals surface area contributed by atoms with Gasteiger partial charge in [-0.15, -0.1) is 0 Å². The van der Waals surface area contributed by atoms with Crippen LogP contribution in [0, 0.1) is 5.92 Å². The van der Waals surface area contributed by atoms with Crippen molar-refractivity contribution in [1.82, 2.24) is 0 Å². The van der Waals surface area contributed by atoms with Gasteiger partial charge in [-0.1, -0.05) is 38.5 Å². The minimum Gasteiger partial charge on any atom is -0.0530 e. The van der Waals surface area contributed by atoms with E-state index in [-0.39, 0.29) is 0 Å². The summed E-state index contributed by atoms with van der Waals surface area (Å²) in [4.78, 5) is 0. The first-order chi connectivity index (χ1) is 10.3. The average Bonchev–Trinajstić information content (AvgIpc) is 3.08. The summed E-state index contributed by atoms with van der Waals surface area (Å²) in [6, 6.07) is 0. The Balaban J connectivity index is 1.65. The normalized spacial score (nSPS) is 27.3. The molecule has 0 radical (unpaired) electrons. The quantitative estimate of drug-likeness (QED) is 0.485. The summed E-state index contributed by atoms with van der Waals surface area (Å²) in [5.74, 6) is 1.12. The Bertz CT molecular complexity index is 275. The van der Waals surface area contributed by atoms with Crippen LogP contribution < -0.4 is 0 Å². The lowest BCUT2D eigenvalue weighted by Gasteiger charge is -2.41. The van der Waals surface area contributed by atoms with Crippen molar-refractivity contribution in [2.75, 3.05) is 12.8 Å². The monoisotopic (exact) mass is 309 g/mol. The first-order valence-electron chi connectivity index (χ1n) is 10.1. The van der Waals surface area contributed by atoms with Gasteiger partial charge in [0, 0.05) is 13.9 Å². The van der Waals surface area contributed by atoms with Gasteiger partial charge in [-0.25, -0.2) is 0 Å². The topological polar surface area (TPSA) is 0 Å². The molecule has 3 aliphatic rings. The van der Waals surface area contributed by atoms with Crippen molar-refractivity contribution >= 4 is 7.26 Å². The van der Waals surface area contributed by atoms with Crippen LogP contribution in [-0.2, 0) is 0 Å². The van der Waals surface area contributed by atoms with Crippen LogP contribution in [0.2, 0.25) is 0 Å².